The normalized spacial score (nSPS) is 13.3. The molecule has 86 valence electrons. The molecule has 0 aliphatic heterocycles. The summed E-state index contributed by atoms with van der Waals surface area (Å²) in [5.74, 6) is -1.26. The largest absolute Gasteiger partial charge is 0.380 e. The van der Waals surface area contributed by atoms with Crippen molar-refractivity contribution in [1.82, 2.24) is 0 Å². The van der Waals surface area contributed by atoms with Gasteiger partial charge in [-0.3, -0.25) is 0 Å². The molecule has 0 radical (unpaired) electrons. The SMILES string of the molecule is C[C@@H](Cl)C(=O)O/N=C(/N)c1cccc(F)c1. The maximum Gasteiger partial charge on any atom is 0.352 e. The Labute approximate surface area is 96.8 Å². The van der Waals surface area contributed by atoms with Gasteiger partial charge in [0.1, 0.15) is 11.2 Å². The minimum atomic E-state index is -0.816. The van der Waals surface area contributed by atoms with Gasteiger partial charge in [0, 0.05) is 5.56 Å². The van der Waals surface area contributed by atoms with Gasteiger partial charge < -0.3 is 10.6 Å². The fourth-order valence-corrected chi connectivity index (χ4v) is 0.907. The first kappa shape index (κ1) is 12.4. The molecule has 4 nitrogen and oxygen atoms in total. The molecule has 0 amide bonds. The molecule has 0 aromatic heterocycles. The van der Waals surface area contributed by atoms with Crippen LogP contribution in [0, 0.1) is 5.82 Å². The summed E-state index contributed by atoms with van der Waals surface area (Å²) in [6.07, 6.45) is 0. The van der Waals surface area contributed by atoms with Crippen molar-refractivity contribution in [3.05, 3.63) is 35.6 Å². The molecule has 0 bridgehead atoms. The van der Waals surface area contributed by atoms with E-state index in [-0.39, 0.29) is 5.84 Å². The fourth-order valence-electron chi connectivity index (χ4n) is 0.867. The quantitative estimate of drug-likeness (QED) is 0.289. The van der Waals surface area contributed by atoms with Crippen LogP contribution in [-0.4, -0.2) is 17.2 Å². The number of carbonyl (C=O) groups is 1. The lowest BCUT2D eigenvalue weighted by molar-refractivity contribution is -0.142. The number of amidine groups is 1. The first-order valence-electron chi connectivity index (χ1n) is 4.45. The molecular weight excluding hydrogens is 235 g/mol. The van der Waals surface area contributed by atoms with Crippen LogP contribution in [-0.2, 0) is 9.63 Å². The minimum Gasteiger partial charge on any atom is -0.380 e. The zero-order valence-corrected chi connectivity index (χ0v) is 9.24. The van der Waals surface area contributed by atoms with Crippen LogP contribution in [0.15, 0.2) is 29.4 Å². The lowest BCUT2D eigenvalue weighted by Crippen LogP contribution is -2.18. The number of rotatable bonds is 3. The lowest BCUT2D eigenvalue weighted by atomic mass is 10.2. The first-order chi connectivity index (χ1) is 7.50. The molecule has 16 heavy (non-hydrogen) atoms. The number of hydrogen-bond acceptors (Lipinski definition) is 3. The minimum absolute atomic E-state index is 0.0924. The highest BCUT2D eigenvalue weighted by Crippen LogP contribution is 2.04. The van der Waals surface area contributed by atoms with Crippen molar-refractivity contribution in [2.75, 3.05) is 0 Å². The van der Waals surface area contributed by atoms with Gasteiger partial charge in [0.05, 0.1) is 0 Å². The Morgan fingerprint density at radius 2 is 2.31 bits per heavy atom. The van der Waals surface area contributed by atoms with Crippen LogP contribution in [0.5, 0.6) is 0 Å². The van der Waals surface area contributed by atoms with Crippen LogP contribution >= 0.6 is 11.6 Å². The predicted octanol–water partition coefficient (Wildman–Crippen LogP) is 1.62. The van der Waals surface area contributed by atoms with Gasteiger partial charge in [-0.05, 0) is 19.1 Å². The molecule has 1 atom stereocenters. The summed E-state index contributed by atoms with van der Waals surface area (Å²) in [6, 6.07) is 5.46. The molecule has 0 saturated carbocycles. The number of nitrogens with two attached hydrogens (primary N) is 1. The Morgan fingerprint density at radius 3 is 2.88 bits per heavy atom. The van der Waals surface area contributed by atoms with Crippen molar-refractivity contribution < 1.29 is 14.0 Å². The smallest absolute Gasteiger partial charge is 0.352 e. The van der Waals surface area contributed by atoms with Crippen LogP contribution in [0.4, 0.5) is 4.39 Å². The zero-order chi connectivity index (χ0) is 12.1. The van der Waals surface area contributed by atoms with E-state index in [1.165, 1.54) is 25.1 Å². The fraction of sp³-hybridized carbons (Fsp3) is 0.200. The van der Waals surface area contributed by atoms with E-state index in [9.17, 15) is 9.18 Å². The number of alkyl halides is 1. The molecule has 0 unspecified atom stereocenters. The van der Waals surface area contributed by atoms with Gasteiger partial charge in [0.15, 0.2) is 5.84 Å². The third-order valence-corrected chi connectivity index (χ3v) is 1.86. The van der Waals surface area contributed by atoms with Crippen molar-refractivity contribution in [1.29, 1.82) is 0 Å². The third kappa shape index (κ3) is 3.51. The highest BCUT2D eigenvalue weighted by molar-refractivity contribution is 6.29. The Kier molecular flexibility index (Phi) is 4.25. The standard InChI is InChI=1S/C10H10ClFN2O2/c1-6(11)10(15)16-14-9(13)7-3-2-4-8(12)5-7/h2-6H,1H3,(H2,13,14)/t6-/m1/s1. The van der Waals surface area contributed by atoms with E-state index in [2.05, 4.69) is 9.99 Å². The Bertz CT molecular complexity index is 421. The highest BCUT2D eigenvalue weighted by Gasteiger charge is 2.11. The van der Waals surface area contributed by atoms with E-state index in [0.717, 1.165) is 0 Å². The molecule has 0 saturated heterocycles. The second-order valence-corrected chi connectivity index (χ2v) is 3.67. The van der Waals surface area contributed by atoms with Crippen LogP contribution in [0.1, 0.15) is 12.5 Å². The van der Waals surface area contributed by atoms with Crippen molar-refractivity contribution in [3.63, 3.8) is 0 Å². The molecular formula is C10H10ClFN2O2. The number of oxime groups is 1. The van der Waals surface area contributed by atoms with Crippen molar-refractivity contribution >= 4 is 23.4 Å². The van der Waals surface area contributed by atoms with Crippen LogP contribution in [0.2, 0.25) is 0 Å². The summed E-state index contributed by atoms with van der Waals surface area (Å²) in [6.45, 7) is 1.44. The van der Waals surface area contributed by atoms with E-state index >= 15 is 0 Å². The van der Waals surface area contributed by atoms with Crippen LogP contribution < -0.4 is 5.73 Å². The van der Waals surface area contributed by atoms with Gasteiger partial charge in [0.2, 0.25) is 0 Å². The van der Waals surface area contributed by atoms with Gasteiger partial charge in [0.25, 0.3) is 0 Å². The number of carbonyl (C=O) groups excluding carboxylic acids is 1. The molecule has 1 rings (SSSR count). The molecule has 0 heterocycles. The summed E-state index contributed by atoms with van der Waals surface area (Å²) >= 11 is 5.44. The van der Waals surface area contributed by atoms with Crippen LogP contribution in [0.25, 0.3) is 0 Å². The molecule has 6 heteroatoms. The monoisotopic (exact) mass is 244 g/mol. The van der Waals surface area contributed by atoms with E-state index in [0.29, 0.717) is 5.56 Å². The summed E-state index contributed by atoms with van der Waals surface area (Å²) in [5, 5.41) is 2.53. The predicted molar refractivity (Wildman–Crippen MR) is 58.5 cm³/mol. The highest BCUT2D eigenvalue weighted by atomic mass is 35.5. The number of benzene rings is 1. The third-order valence-electron chi connectivity index (χ3n) is 1.68. The molecule has 0 aliphatic rings. The maximum absolute atomic E-state index is 12.8. The van der Waals surface area contributed by atoms with Gasteiger partial charge >= 0.3 is 5.97 Å². The second-order valence-electron chi connectivity index (χ2n) is 3.01. The topological polar surface area (TPSA) is 64.7 Å². The second kappa shape index (κ2) is 5.46. The van der Waals surface area contributed by atoms with Gasteiger partial charge in [-0.25, -0.2) is 9.18 Å². The molecule has 0 fully saturated rings. The number of halogens is 2. The van der Waals surface area contributed by atoms with E-state index in [1.54, 1.807) is 6.07 Å². The summed E-state index contributed by atoms with van der Waals surface area (Å²) < 4.78 is 12.8. The Morgan fingerprint density at radius 1 is 1.62 bits per heavy atom. The molecule has 1 aromatic rings. The van der Waals surface area contributed by atoms with Gasteiger partial charge in [-0.2, -0.15) is 0 Å². The average molecular weight is 245 g/mol. The van der Waals surface area contributed by atoms with E-state index in [4.69, 9.17) is 17.3 Å². The van der Waals surface area contributed by atoms with Gasteiger partial charge in [-0.15, -0.1) is 11.6 Å². The van der Waals surface area contributed by atoms with E-state index in [1.807, 2.05) is 0 Å². The summed E-state index contributed by atoms with van der Waals surface area (Å²) in [7, 11) is 0. The molecule has 2 N–H and O–H groups in total. The number of hydrogen-bond donors (Lipinski definition) is 1. The molecule has 0 aliphatic carbocycles. The van der Waals surface area contributed by atoms with Crippen molar-refractivity contribution in [2.45, 2.75) is 12.3 Å². The van der Waals surface area contributed by atoms with E-state index < -0.39 is 17.2 Å². The van der Waals surface area contributed by atoms with Crippen molar-refractivity contribution in [3.8, 4) is 0 Å². The first-order valence-corrected chi connectivity index (χ1v) is 4.88. The van der Waals surface area contributed by atoms with Crippen LogP contribution in [0.3, 0.4) is 0 Å². The maximum atomic E-state index is 12.8. The Hall–Kier alpha value is -1.62. The summed E-state index contributed by atoms with van der Waals surface area (Å²) in [5.41, 5.74) is 5.80. The Balaban J connectivity index is 2.74. The molecule has 0 spiro atoms. The van der Waals surface area contributed by atoms with Crippen molar-refractivity contribution in [2.24, 2.45) is 10.9 Å². The molecule has 1 aromatic carbocycles. The summed E-state index contributed by atoms with van der Waals surface area (Å²) in [4.78, 5) is 15.4. The lowest BCUT2D eigenvalue weighted by Gasteiger charge is -2.01. The number of nitrogens with zero attached hydrogens (tertiary/aromatic N) is 1. The zero-order valence-electron chi connectivity index (χ0n) is 8.48. The van der Waals surface area contributed by atoms with Gasteiger partial charge in [-0.1, -0.05) is 17.3 Å². The average Bonchev–Trinajstić information content (AvgIpc) is 2.25.